The Balaban J connectivity index is 1.74. The van der Waals surface area contributed by atoms with E-state index in [2.05, 4.69) is 33.2 Å². The van der Waals surface area contributed by atoms with Gasteiger partial charge >= 0.3 is 6.03 Å². The zero-order valence-electron chi connectivity index (χ0n) is 16.4. The molecule has 1 heterocycles. The number of halogens is 1. The van der Waals surface area contributed by atoms with Crippen molar-refractivity contribution in [3.05, 3.63) is 57.3 Å². The first-order valence-electron chi connectivity index (χ1n) is 9.12. The average Bonchev–Trinajstić information content (AvgIpc) is 2.99. The summed E-state index contributed by atoms with van der Waals surface area (Å²) >= 11 is 2.06. The van der Waals surface area contributed by atoms with Gasteiger partial charge in [0.1, 0.15) is 5.70 Å². The van der Waals surface area contributed by atoms with Gasteiger partial charge in [-0.25, -0.2) is 4.79 Å². The van der Waals surface area contributed by atoms with Crippen LogP contribution in [0.25, 0.3) is 6.08 Å². The fourth-order valence-corrected chi connectivity index (χ4v) is 3.63. The summed E-state index contributed by atoms with van der Waals surface area (Å²) in [4.78, 5) is 37.3. The van der Waals surface area contributed by atoms with Crippen LogP contribution in [0.15, 0.2) is 48.2 Å². The van der Waals surface area contributed by atoms with Gasteiger partial charge in [-0.05, 0) is 65.4 Å². The van der Waals surface area contributed by atoms with Gasteiger partial charge in [0.05, 0.1) is 10.7 Å². The molecule has 0 aromatic heterocycles. The van der Waals surface area contributed by atoms with Crippen molar-refractivity contribution in [1.29, 1.82) is 0 Å². The van der Waals surface area contributed by atoms with Crippen LogP contribution in [0.2, 0.25) is 0 Å². The smallest absolute Gasteiger partial charge is 0.328 e. The molecule has 0 atom stereocenters. The monoisotopic (exact) mass is 521 g/mol. The van der Waals surface area contributed by atoms with E-state index in [1.807, 2.05) is 18.2 Å². The summed E-state index contributed by atoms with van der Waals surface area (Å²) in [6.45, 7) is 1.83. The first-order valence-corrected chi connectivity index (χ1v) is 10.2. The minimum absolute atomic E-state index is 0.190. The summed E-state index contributed by atoms with van der Waals surface area (Å²) in [6.07, 6.45) is 1.58. The summed E-state index contributed by atoms with van der Waals surface area (Å²) < 4.78 is 11.8. The molecule has 0 unspecified atom stereocenters. The number of rotatable bonds is 7. The van der Waals surface area contributed by atoms with Crippen molar-refractivity contribution in [2.24, 2.45) is 0 Å². The van der Waals surface area contributed by atoms with Crippen molar-refractivity contribution in [1.82, 2.24) is 10.2 Å². The van der Waals surface area contributed by atoms with Crippen molar-refractivity contribution in [2.45, 2.75) is 6.92 Å². The van der Waals surface area contributed by atoms with E-state index in [-0.39, 0.29) is 24.1 Å². The summed E-state index contributed by atoms with van der Waals surface area (Å²) in [7, 11) is 1.49. The number of anilines is 1. The summed E-state index contributed by atoms with van der Waals surface area (Å²) in [5, 5.41) is 5.31. The second-order valence-electron chi connectivity index (χ2n) is 6.27. The molecule has 0 bridgehead atoms. The van der Waals surface area contributed by atoms with Crippen LogP contribution in [-0.4, -0.2) is 43.0 Å². The van der Waals surface area contributed by atoms with Crippen LogP contribution in [0.5, 0.6) is 11.5 Å². The number of benzene rings is 2. The second-order valence-corrected chi connectivity index (χ2v) is 7.44. The lowest BCUT2D eigenvalue weighted by atomic mass is 10.1. The highest BCUT2D eigenvalue weighted by atomic mass is 127. The molecule has 0 spiro atoms. The molecule has 30 heavy (non-hydrogen) atoms. The van der Waals surface area contributed by atoms with Gasteiger partial charge in [-0.3, -0.25) is 14.5 Å². The van der Waals surface area contributed by atoms with Crippen molar-refractivity contribution >= 4 is 52.2 Å². The lowest BCUT2D eigenvalue weighted by Crippen LogP contribution is -2.30. The number of nitrogens with one attached hydrogen (secondary N) is 2. The van der Waals surface area contributed by atoms with Crippen molar-refractivity contribution in [3.8, 4) is 11.5 Å². The molecular weight excluding hydrogens is 501 g/mol. The van der Waals surface area contributed by atoms with E-state index >= 15 is 0 Å². The van der Waals surface area contributed by atoms with E-state index in [1.54, 1.807) is 37.3 Å². The van der Waals surface area contributed by atoms with Gasteiger partial charge < -0.3 is 20.1 Å². The maximum atomic E-state index is 12.3. The molecule has 4 amide bonds. The molecule has 0 radical (unpaired) electrons. The highest BCUT2D eigenvalue weighted by Crippen LogP contribution is 2.34. The van der Waals surface area contributed by atoms with E-state index in [9.17, 15) is 14.4 Å². The summed E-state index contributed by atoms with van der Waals surface area (Å²) in [5.41, 5.74) is 1.52. The zero-order valence-corrected chi connectivity index (χ0v) is 18.6. The van der Waals surface area contributed by atoms with Crippen LogP contribution < -0.4 is 20.1 Å². The van der Waals surface area contributed by atoms with E-state index in [0.717, 1.165) is 4.90 Å². The summed E-state index contributed by atoms with van der Waals surface area (Å²) in [6, 6.07) is 12.1. The lowest BCUT2D eigenvalue weighted by molar-refractivity contribution is -0.122. The van der Waals surface area contributed by atoms with Gasteiger partial charge in [0.25, 0.3) is 11.8 Å². The molecule has 0 saturated carbocycles. The third kappa shape index (κ3) is 4.90. The van der Waals surface area contributed by atoms with Gasteiger partial charge in [0.15, 0.2) is 18.1 Å². The van der Waals surface area contributed by atoms with Crippen LogP contribution in [0.1, 0.15) is 12.5 Å². The molecule has 1 aliphatic heterocycles. The average molecular weight is 521 g/mol. The Bertz CT molecular complexity index is 1010. The maximum absolute atomic E-state index is 12.3. The Morgan fingerprint density at radius 2 is 1.97 bits per heavy atom. The molecule has 3 rings (SSSR count). The van der Waals surface area contributed by atoms with Crippen LogP contribution in [0.4, 0.5) is 10.5 Å². The Hall–Kier alpha value is -3.08. The molecule has 2 aromatic carbocycles. The predicted octanol–water partition coefficient (Wildman–Crippen LogP) is 3.23. The molecule has 0 aliphatic carbocycles. The Kier molecular flexibility index (Phi) is 6.93. The zero-order chi connectivity index (χ0) is 21.7. The number of likely N-dealkylation sites (N-methyl/N-ethyl adjacent to an activating group) is 1. The molecule has 1 saturated heterocycles. The van der Waals surface area contributed by atoms with Gasteiger partial charge in [0.2, 0.25) is 0 Å². The quantitative estimate of drug-likeness (QED) is 0.332. The Labute approximate surface area is 187 Å². The lowest BCUT2D eigenvalue weighted by Gasteiger charge is -2.14. The molecule has 156 valence electrons. The topological polar surface area (TPSA) is 97.0 Å². The number of hydrogen-bond donors (Lipinski definition) is 2. The minimum atomic E-state index is -0.445. The van der Waals surface area contributed by atoms with Crippen LogP contribution >= 0.6 is 22.6 Å². The fourth-order valence-electron chi connectivity index (χ4n) is 2.84. The van der Waals surface area contributed by atoms with Gasteiger partial charge in [-0.2, -0.15) is 0 Å². The van der Waals surface area contributed by atoms with Crippen LogP contribution in [-0.2, 0) is 9.59 Å². The Morgan fingerprint density at radius 3 is 2.60 bits per heavy atom. The fraction of sp³-hybridized carbons (Fsp3) is 0.190. The number of para-hydroxylation sites is 1. The number of amides is 4. The maximum Gasteiger partial charge on any atom is 0.328 e. The minimum Gasteiger partial charge on any atom is -0.493 e. The van der Waals surface area contributed by atoms with Crippen molar-refractivity contribution in [3.63, 3.8) is 0 Å². The standard InChI is InChI=1S/C21H20IN3O5/c1-3-25-20(27)16(24-21(25)28)10-13-9-15(22)19(17(11-13)29-2)30-12-18(26)23-14-7-5-4-6-8-14/h4-11H,3,12H2,1-2H3,(H,23,26)(H,24,28)/b16-10+. The third-order valence-corrected chi connectivity index (χ3v) is 5.05. The first-order chi connectivity index (χ1) is 14.4. The molecule has 8 nitrogen and oxygen atoms in total. The van der Waals surface area contributed by atoms with Crippen molar-refractivity contribution < 1.29 is 23.9 Å². The third-order valence-electron chi connectivity index (χ3n) is 4.25. The van der Waals surface area contributed by atoms with Gasteiger partial charge in [-0.1, -0.05) is 18.2 Å². The van der Waals surface area contributed by atoms with Gasteiger partial charge in [0, 0.05) is 12.2 Å². The molecule has 2 aromatic rings. The highest BCUT2D eigenvalue weighted by molar-refractivity contribution is 14.1. The largest absolute Gasteiger partial charge is 0.493 e. The SMILES string of the molecule is CCN1C(=O)N/C(=C/c2cc(I)c(OCC(=O)Nc3ccccc3)c(OC)c2)C1=O. The van der Waals surface area contributed by atoms with E-state index in [1.165, 1.54) is 7.11 Å². The van der Waals surface area contributed by atoms with Crippen LogP contribution in [0.3, 0.4) is 0 Å². The molecule has 1 aliphatic rings. The van der Waals surface area contributed by atoms with Gasteiger partial charge in [-0.15, -0.1) is 0 Å². The predicted molar refractivity (Wildman–Crippen MR) is 120 cm³/mol. The number of nitrogens with zero attached hydrogens (tertiary/aromatic N) is 1. The molecule has 1 fully saturated rings. The number of hydrogen-bond acceptors (Lipinski definition) is 5. The van der Waals surface area contributed by atoms with E-state index < -0.39 is 6.03 Å². The van der Waals surface area contributed by atoms with Crippen LogP contribution in [0, 0.1) is 3.57 Å². The van der Waals surface area contributed by atoms with Crippen molar-refractivity contribution in [2.75, 3.05) is 25.6 Å². The van der Waals surface area contributed by atoms with E-state index in [4.69, 9.17) is 9.47 Å². The number of urea groups is 1. The molecular formula is C21H20IN3O5. The second kappa shape index (κ2) is 9.61. The number of carbonyl (C=O) groups excluding carboxylic acids is 3. The van der Waals surface area contributed by atoms with E-state index in [0.29, 0.717) is 32.9 Å². The number of imide groups is 1. The first kappa shape index (κ1) is 21.6. The number of carbonyl (C=O) groups is 3. The summed E-state index contributed by atoms with van der Waals surface area (Å²) in [5.74, 6) is 0.143. The highest BCUT2D eigenvalue weighted by Gasteiger charge is 2.32. The number of ether oxygens (including phenoxy) is 2. The molecule has 9 heteroatoms. The molecule has 2 N–H and O–H groups in total. The number of methoxy groups -OCH3 is 1. The normalized spacial score (nSPS) is 14.6. The Morgan fingerprint density at radius 1 is 1.23 bits per heavy atom.